The molecule has 0 spiro atoms. The van der Waals surface area contributed by atoms with Gasteiger partial charge < -0.3 is 15.2 Å². The van der Waals surface area contributed by atoms with Crippen LogP contribution in [-0.2, 0) is 16.1 Å². The number of benzene rings is 1. The van der Waals surface area contributed by atoms with E-state index in [0.29, 0.717) is 0 Å². The number of nitro groups is 1. The van der Waals surface area contributed by atoms with Crippen LogP contribution < -0.4 is 5.32 Å². The summed E-state index contributed by atoms with van der Waals surface area (Å²) in [6, 6.07) is 8.56. The largest absolute Gasteiger partial charge is 0.481 e. The van der Waals surface area contributed by atoms with Gasteiger partial charge in [0.05, 0.1) is 12.3 Å². The normalized spacial score (nSPS) is 16.0. The summed E-state index contributed by atoms with van der Waals surface area (Å²) < 4.78 is 5.13. The van der Waals surface area contributed by atoms with E-state index in [9.17, 15) is 19.7 Å². The molecule has 0 radical (unpaired) electrons. The van der Waals surface area contributed by atoms with Gasteiger partial charge in [-0.25, -0.2) is 4.79 Å². The highest BCUT2D eigenvalue weighted by Crippen LogP contribution is 2.37. The molecule has 24 heavy (non-hydrogen) atoms. The molecule has 1 aliphatic rings. The van der Waals surface area contributed by atoms with Crippen LogP contribution in [0, 0.1) is 22.0 Å². The molecule has 1 unspecified atom stereocenters. The Morgan fingerprint density at radius 1 is 1.33 bits per heavy atom. The molecule has 1 amide bonds. The predicted octanol–water partition coefficient (Wildman–Crippen LogP) is 2.06. The van der Waals surface area contributed by atoms with Gasteiger partial charge in [-0.05, 0) is 24.3 Å². The Labute approximate surface area is 139 Å². The monoisotopic (exact) mass is 336 g/mol. The zero-order chi connectivity index (χ0) is 17.5. The number of carbonyl (C=O) groups is 2. The number of hydrogen-bond acceptors (Lipinski definition) is 5. The zero-order valence-electron chi connectivity index (χ0n) is 13.1. The average Bonchev–Trinajstić information content (AvgIpc) is 3.35. The van der Waals surface area contributed by atoms with Crippen LogP contribution >= 0.6 is 0 Å². The van der Waals surface area contributed by atoms with Crippen LogP contribution in [0.25, 0.3) is 0 Å². The lowest BCUT2D eigenvalue weighted by Crippen LogP contribution is -2.45. The molecule has 0 bridgehead atoms. The van der Waals surface area contributed by atoms with Crippen molar-refractivity contribution in [1.29, 1.82) is 0 Å². The molecule has 1 fully saturated rings. The van der Waals surface area contributed by atoms with Crippen molar-refractivity contribution >= 4 is 12.1 Å². The van der Waals surface area contributed by atoms with Crippen LogP contribution in [-0.4, -0.2) is 34.7 Å². The van der Waals surface area contributed by atoms with Gasteiger partial charge in [-0.15, -0.1) is 0 Å². The highest BCUT2D eigenvalue weighted by atomic mass is 16.6. The Balaban J connectivity index is 1.94. The fourth-order valence-corrected chi connectivity index (χ4v) is 2.70. The van der Waals surface area contributed by atoms with Crippen molar-refractivity contribution < 1.29 is 24.4 Å². The van der Waals surface area contributed by atoms with Crippen LogP contribution in [0.4, 0.5) is 4.79 Å². The summed E-state index contributed by atoms with van der Waals surface area (Å²) in [6.45, 7) is -0.407. The molecule has 1 aromatic carbocycles. The van der Waals surface area contributed by atoms with E-state index < -0.39 is 35.5 Å². The third-order valence-electron chi connectivity index (χ3n) is 3.96. The summed E-state index contributed by atoms with van der Waals surface area (Å²) in [5.41, 5.74) is 0.822. The maximum absolute atomic E-state index is 12.0. The van der Waals surface area contributed by atoms with Gasteiger partial charge in [-0.3, -0.25) is 14.9 Å². The number of carboxylic acid groups (broad SMARTS) is 1. The molecule has 130 valence electrons. The molecule has 2 rings (SSSR count). The SMILES string of the molecule is O=C(O)CC(C[N+](=O)[O-])[C@@H](NC(=O)OCc1ccccc1)C1CC1. The van der Waals surface area contributed by atoms with Gasteiger partial charge in [-0.2, -0.15) is 0 Å². The third kappa shape index (κ3) is 5.86. The average molecular weight is 336 g/mol. The molecule has 0 aromatic heterocycles. The highest BCUT2D eigenvalue weighted by molar-refractivity contribution is 5.69. The molecular formula is C16H20N2O6. The lowest BCUT2D eigenvalue weighted by atomic mass is 9.92. The number of aliphatic carboxylic acids is 1. The number of alkyl carbamates (subject to hydrolysis) is 1. The number of hydrogen-bond donors (Lipinski definition) is 2. The van der Waals surface area contributed by atoms with Crippen LogP contribution in [0.3, 0.4) is 0 Å². The van der Waals surface area contributed by atoms with Gasteiger partial charge in [0.25, 0.3) is 0 Å². The van der Waals surface area contributed by atoms with Crippen LogP contribution in [0.2, 0.25) is 0 Å². The minimum Gasteiger partial charge on any atom is -0.481 e. The standard InChI is InChI=1S/C16H20N2O6/c19-14(20)8-13(9-18(22)23)15(12-6-7-12)17-16(21)24-10-11-4-2-1-3-5-11/h1-5,12-13,15H,6-10H2,(H,17,21)(H,19,20)/t13?,15-/m0/s1. The molecule has 1 aliphatic carbocycles. The van der Waals surface area contributed by atoms with Gasteiger partial charge in [0.2, 0.25) is 6.54 Å². The van der Waals surface area contributed by atoms with E-state index in [1.165, 1.54) is 0 Å². The molecule has 8 nitrogen and oxygen atoms in total. The molecule has 8 heteroatoms. The maximum Gasteiger partial charge on any atom is 0.407 e. The van der Waals surface area contributed by atoms with Gasteiger partial charge >= 0.3 is 12.1 Å². The van der Waals surface area contributed by atoms with E-state index in [1.807, 2.05) is 30.3 Å². The van der Waals surface area contributed by atoms with Crippen LogP contribution in [0.1, 0.15) is 24.8 Å². The summed E-state index contributed by atoms with van der Waals surface area (Å²) in [5.74, 6) is -1.81. The number of carboxylic acids is 1. The summed E-state index contributed by atoms with van der Waals surface area (Å²) in [7, 11) is 0. The van der Waals surface area contributed by atoms with Crippen molar-refractivity contribution in [3.8, 4) is 0 Å². The molecule has 0 aliphatic heterocycles. The van der Waals surface area contributed by atoms with Crippen molar-refractivity contribution in [3.05, 3.63) is 46.0 Å². The minimum atomic E-state index is -1.12. The first-order valence-corrected chi connectivity index (χ1v) is 7.76. The predicted molar refractivity (Wildman–Crippen MR) is 83.9 cm³/mol. The number of rotatable bonds is 9. The fraction of sp³-hybridized carbons (Fsp3) is 0.500. The lowest BCUT2D eigenvalue weighted by molar-refractivity contribution is -0.489. The van der Waals surface area contributed by atoms with Crippen molar-refractivity contribution in [1.82, 2.24) is 5.32 Å². The molecule has 1 saturated carbocycles. The second-order valence-electron chi connectivity index (χ2n) is 5.94. The van der Waals surface area contributed by atoms with Gasteiger partial charge in [0, 0.05) is 11.0 Å². The Morgan fingerprint density at radius 3 is 2.54 bits per heavy atom. The number of ether oxygens (including phenoxy) is 1. The van der Waals surface area contributed by atoms with Gasteiger partial charge in [0.15, 0.2) is 0 Å². The Bertz CT molecular complexity index is 571. The molecule has 0 saturated heterocycles. The smallest absolute Gasteiger partial charge is 0.407 e. The summed E-state index contributed by atoms with van der Waals surface area (Å²) >= 11 is 0. The summed E-state index contributed by atoms with van der Waals surface area (Å²) in [5, 5.41) is 22.4. The highest BCUT2D eigenvalue weighted by Gasteiger charge is 2.41. The second kappa shape index (κ2) is 8.28. The van der Waals surface area contributed by atoms with Crippen molar-refractivity contribution in [2.45, 2.75) is 31.9 Å². The Morgan fingerprint density at radius 2 is 2.00 bits per heavy atom. The maximum atomic E-state index is 12.0. The van der Waals surface area contributed by atoms with E-state index in [2.05, 4.69) is 5.32 Å². The van der Waals surface area contributed by atoms with Gasteiger partial charge in [-0.1, -0.05) is 30.3 Å². The summed E-state index contributed by atoms with van der Waals surface area (Å²) in [4.78, 5) is 33.2. The third-order valence-corrected chi connectivity index (χ3v) is 3.96. The van der Waals surface area contributed by atoms with Crippen molar-refractivity contribution in [2.24, 2.45) is 11.8 Å². The molecule has 0 heterocycles. The minimum absolute atomic E-state index is 0.0681. The molecular weight excluding hydrogens is 316 g/mol. The lowest BCUT2D eigenvalue weighted by Gasteiger charge is -2.24. The fourth-order valence-electron chi connectivity index (χ4n) is 2.70. The number of nitrogens with zero attached hydrogens (tertiary/aromatic N) is 1. The van der Waals surface area contributed by atoms with E-state index >= 15 is 0 Å². The number of nitrogens with one attached hydrogen (secondary N) is 1. The molecule has 2 atom stereocenters. The van der Waals surface area contributed by atoms with E-state index in [0.717, 1.165) is 18.4 Å². The van der Waals surface area contributed by atoms with Crippen LogP contribution in [0.5, 0.6) is 0 Å². The molecule has 2 N–H and O–H groups in total. The van der Waals surface area contributed by atoms with E-state index in [1.54, 1.807) is 0 Å². The number of amides is 1. The first-order valence-electron chi connectivity index (χ1n) is 7.76. The quantitative estimate of drug-likeness (QED) is 0.526. The Hall–Kier alpha value is -2.64. The van der Waals surface area contributed by atoms with E-state index in [-0.39, 0.29) is 18.9 Å². The van der Waals surface area contributed by atoms with Crippen molar-refractivity contribution in [2.75, 3.05) is 6.54 Å². The van der Waals surface area contributed by atoms with Crippen molar-refractivity contribution in [3.63, 3.8) is 0 Å². The zero-order valence-corrected chi connectivity index (χ0v) is 13.1. The van der Waals surface area contributed by atoms with E-state index in [4.69, 9.17) is 9.84 Å². The van der Waals surface area contributed by atoms with Gasteiger partial charge in [0.1, 0.15) is 6.61 Å². The first kappa shape index (κ1) is 17.7. The summed E-state index contributed by atoms with van der Waals surface area (Å²) in [6.07, 6.45) is 0.588. The second-order valence-corrected chi connectivity index (χ2v) is 5.94. The topological polar surface area (TPSA) is 119 Å². The molecule has 1 aromatic rings. The Kier molecular flexibility index (Phi) is 6.11. The van der Waals surface area contributed by atoms with Crippen LogP contribution in [0.15, 0.2) is 30.3 Å². The number of carbonyl (C=O) groups excluding carboxylic acids is 1. The first-order chi connectivity index (χ1) is 11.5.